The second kappa shape index (κ2) is 11.6. The van der Waals surface area contributed by atoms with Gasteiger partial charge in [0.05, 0.1) is 6.54 Å². The number of hydrogen-bond donors (Lipinski definition) is 3. The first-order chi connectivity index (χ1) is 14.4. The van der Waals surface area contributed by atoms with E-state index in [0.717, 1.165) is 17.7 Å². The summed E-state index contributed by atoms with van der Waals surface area (Å²) in [4.78, 5) is 37.5. The molecule has 3 amide bonds. The predicted octanol–water partition coefficient (Wildman–Crippen LogP) is 2.90. The third-order valence-electron chi connectivity index (χ3n) is 4.47. The molecule has 0 aliphatic rings. The van der Waals surface area contributed by atoms with Crippen LogP contribution < -0.4 is 16.0 Å². The van der Waals surface area contributed by atoms with Gasteiger partial charge < -0.3 is 20.9 Å². The average molecular weight is 411 g/mol. The van der Waals surface area contributed by atoms with Crippen molar-refractivity contribution in [3.05, 3.63) is 59.7 Å². The number of hydrogen-bond acceptors (Lipinski definition) is 4. The van der Waals surface area contributed by atoms with E-state index in [-0.39, 0.29) is 24.3 Å². The van der Waals surface area contributed by atoms with Gasteiger partial charge in [0.15, 0.2) is 0 Å². The van der Waals surface area contributed by atoms with E-state index in [0.29, 0.717) is 30.6 Å². The fraction of sp³-hybridized carbons (Fsp3) is 0.348. The van der Waals surface area contributed by atoms with Crippen molar-refractivity contribution in [2.75, 3.05) is 37.8 Å². The Labute approximate surface area is 177 Å². The summed E-state index contributed by atoms with van der Waals surface area (Å²) < 4.78 is 0. The molecule has 0 spiro atoms. The average Bonchev–Trinajstić information content (AvgIpc) is 2.74. The molecule has 0 unspecified atom stereocenters. The second-order valence-corrected chi connectivity index (χ2v) is 7.22. The van der Waals surface area contributed by atoms with E-state index in [2.05, 4.69) is 16.0 Å². The van der Waals surface area contributed by atoms with Crippen molar-refractivity contribution in [2.24, 2.45) is 0 Å². The topological polar surface area (TPSA) is 90.5 Å². The molecular weight excluding hydrogens is 380 g/mol. The summed E-state index contributed by atoms with van der Waals surface area (Å²) in [6.45, 7) is 2.75. The standard InChI is InChI=1S/C23H30N4O3/c1-4-14-24-23(30)18-9-11-19(12-10-18)25-16-21(28)26-20-7-5-6-17(15-20)8-13-22(29)27(2)3/h5-7,9-12,15,25H,4,8,13-14,16H2,1-3H3,(H,24,30)(H,26,28). The summed E-state index contributed by atoms with van der Waals surface area (Å²) in [5.74, 6) is -0.211. The van der Waals surface area contributed by atoms with Crippen molar-refractivity contribution in [1.82, 2.24) is 10.2 Å². The molecule has 0 saturated carbocycles. The lowest BCUT2D eigenvalue weighted by Gasteiger charge is -2.11. The largest absolute Gasteiger partial charge is 0.376 e. The first kappa shape index (κ1) is 22.9. The fourth-order valence-corrected chi connectivity index (χ4v) is 2.75. The Morgan fingerprint density at radius 2 is 1.70 bits per heavy atom. The lowest BCUT2D eigenvalue weighted by molar-refractivity contribution is -0.128. The summed E-state index contributed by atoms with van der Waals surface area (Å²) >= 11 is 0. The highest BCUT2D eigenvalue weighted by atomic mass is 16.2. The minimum atomic E-state index is -0.179. The van der Waals surface area contributed by atoms with Crippen LogP contribution in [-0.2, 0) is 16.0 Å². The van der Waals surface area contributed by atoms with Crippen LogP contribution in [0, 0.1) is 0 Å². The van der Waals surface area contributed by atoms with Crippen molar-refractivity contribution in [3.8, 4) is 0 Å². The summed E-state index contributed by atoms with van der Waals surface area (Å²) in [5.41, 5.74) is 3.03. The molecule has 0 aromatic heterocycles. The van der Waals surface area contributed by atoms with Crippen LogP contribution in [0.25, 0.3) is 0 Å². The second-order valence-electron chi connectivity index (χ2n) is 7.22. The van der Waals surface area contributed by atoms with Gasteiger partial charge >= 0.3 is 0 Å². The van der Waals surface area contributed by atoms with E-state index < -0.39 is 0 Å². The minimum absolute atomic E-state index is 0.0718. The van der Waals surface area contributed by atoms with E-state index in [1.165, 1.54) is 0 Å². The van der Waals surface area contributed by atoms with Crippen LogP contribution in [0.5, 0.6) is 0 Å². The Bertz CT molecular complexity index is 863. The summed E-state index contributed by atoms with van der Waals surface area (Å²) in [5, 5.41) is 8.73. The highest BCUT2D eigenvalue weighted by molar-refractivity contribution is 5.95. The van der Waals surface area contributed by atoms with Gasteiger partial charge in [-0.15, -0.1) is 0 Å². The molecule has 0 radical (unpaired) electrons. The molecular formula is C23H30N4O3. The van der Waals surface area contributed by atoms with Gasteiger partial charge in [0.25, 0.3) is 5.91 Å². The monoisotopic (exact) mass is 410 g/mol. The number of nitrogens with one attached hydrogen (secondary N) is 3. The number of anilines is 2. The van der Waals surface area contributed by atoms with Crippen molar-refractivity contribution in [2.45, 2.75) is 26.2 Å². The number of nitrogens with zero attached hydrogens (tertiary/aromatic N) is 1. The predicted molar refractivity (Wildman–Crippen MR) is 120 cm³/mol. The van der Waals surface area contributed by atoms with Crippen LogP contribution in [0.4, 0.5) is 11.4 Å². The maximum absolute atomic E-state index is 12.2. The van der Waals surface area contributed by atoms with Gasteiger partial charge in [-0.25, -0.2) is 0 Å². The number of carbonyl (C=O) groups excluding carboxylic acids is 3. The number of aryl methyl sites for hydroxylation is 1. The Kier molecular flexibility index (Phi) is 8.87. The molecule has 7 nitrogen and oxygen atoms in total. The lowest BCUT2D eigenvalue weighted by atomic mass is 10.1. The molecule has 0 atom stereocenters. The highest BCUT2D eigenvalue weighted by Crippen LogP contribution is 2.13. The van der Waals surface area contributed by atoms with E-state index in [1.807, 2.05) is 31.2 Å². The van der Waals surface area contributed by atoms with Crippen LogP contribution in [0.15, 0.2) is 48.5 Å². The fourth-order valence-electron chi connectivity index (χ4n) is 2.75. The summed E-state index contributed by atoms with van der Waals surface area (Å²) in [6.07, 6.45) is 1.94. The SMILES string of the molecule is CCCNC(=O)c1ccc(NCC(=O)Nc2cccc(CCC(=O)N(C)C)c2)cc1. The van der Waals surface area contributed by atoms with Gasteiger partial charge in [-0.3, -0.25) is 14.4 Å². The van der Waals surface area contributed by atoms with Crippen molar-refractivity contribution >= 4 is 29.1 Å². The molecule has 2 aromatic rings. The zero-order chi connectivity index (χ0) is 21.9. The highest BCUT2D eigenvalue weighted by Gasteiger charge is 2.07. The van der Waals surface area contributed by atoms with Crippen LogP contribution in [-0.4, -0.2) is 49.8 Å². The molecule has 0 aliphatic carbocycles. The number of amides is 3. The number of carbonyl (C=O) groups is 3. The molecule has 160 valence electrons. The van der Waals surface area contributed by atoms with Gasteiger partial charge in [-0.05, 0) is 54.8 Å². The van der Waals surface area contributed by atoms with Gasteiger partial charge in [0.2, 0.25) is 11.8 Å². The molecule has 2 aromatic carbocycles. The van der Waals surface area contributed by atoms with E-state index in [1.54, 1.807) is 43.3 Å². The van der Waals surface area contributed by atoms with Crippen LogP contribution >= 0.6 is 0 Å². The van der Waals surface area contributed by atoms with E-state index >= 15 is 0 Å². The number of benzene rings is 2. The normalized spacial score (nSPS) is 10.2. The third-order valence-corrected chi connectivity index (χ3v) is 4.47. The maximum Gasteiger partial charge on any atom is 0.251 e. The molecule has 7 heteroatoms. The zero-order valence-corrected chi connectivity index (χ0v) is 17.8. The first-order valence-electron chi connectivity index (χ1n) is 10.1. The maximum atomic E-state index is 12.2. The van der Waals surface area contributed by atoms with Gasteiger partial charge in [-0.2, -0.15) is 0 Å². The molecule has 0 saturated heterocycles. The van der Waals surface area contributed by atoms with Crippen molar-refractivity contribution in [3.63, 3.8) is 0 Å². The Balaban J connectivity index is 1.82. The minimum Gasteiger partial charge on any atom is -0.376 e. The summed E-state index contributed by atoms with van der Waals surface area (Å²) in [6, 6.07) is 14.5. The smallest absolute Gasteiger partial charge is 0.251 e. The molecule has 0 bridgehead atoms. The van der Waals surface area contributed by atoms with E-state index in [4.69, 9.17) is 0 Å². The molecule has 0 aliphatic heterocycles. The molecule has 0 fully saturated rings. The molecule has 3 N–H and O–H groups in total. The number of rotatable bonds is 10. The molecule has 30 heavy (non-hydrogen) atoms. The third kappa shape index (κ3) is 7.58. The van der Waals surface area contributed by atoms with Gasteiger partial charge in [-0.1, -0.05) is 19.1 Å². The van der Waals surface area contributed by atoms with Crippen LogP contribution in [0.3, 0.4) is 0 Å². The molecule has 2 rings (SSSR count). The van der Waals surface area contributed by atoms with Crippen LogP contribution in [0.1, 0.15) is 35.7 Å². The summed E-state index contributed by atoms with van der Waals surface area (Å²) in [7, 11) is 3.47. The Morgan fingerprint density at radius 1 is 0.967 bits per heavy atom. The van der Waals surface area contributed by atoms with Crippen molar-refractivity contribution in [1.29, 1.82) is 0 Å². The lowest BCUT2D eigenvalue weighted by Crippen LogP contribution is -2.24. The van der Waals surface area contributed by atoms with Crippen molar-refractivity contribution < 1.29 is 14.4 Å². The zero-order valence-electron chi connectivity index (χ0n) is 17.8. The van der Waals surface area contributed by atoms with Crippen LogP contribution in [0.2, 0.25) is 0 Å². The Morgan fingerprint density at radius 3 is 2.37 bits per heavy atom. The quantitative estimate of drug-likeness (QED) is 0.562. The van der Waals surface area contributed by atoms with Gasteiger partial charge in [0.1, 0.15) is 0 Å². The van der Waals surface area contributed by atoms with Gasteiger partial charge in [0, 0.05) is 44.0 Å². The van der Waals surface area contributed by atoms with E-state index in [9.17, 15) is 14.4 Å². The Hall–Kier alpha value is -3.35. The molecule has 0 heterocycles. The first-order valence-corrected chi connectivity index (χ1v) is 10.1.